The summed E-state index contributed by atoms with van der Waals surface area (Å²) in [7, 11) is 0. The first-order chi connectivity index (χ1) is 8.83. The fourth-order valence-electron chi connectivity index (χ4n) is 2.26. The summed E-state index contributed by atoms with van der Waals surface area (Å²) in [6, 6.07) is 2.20. The highest BCUT2D eigenvalue weighted by atomic mass is 127. The van der Waals surface area contributed by atoms with E-state index >= 15 is 0 Å². The number of ether oxygens (including phenoxy) is 2. The Morgan fingerprint density at radius 1 is 1.39 bits per heavy atom. The van der Waals surface area contributed by atoms with Crippen LogP contribution in [0.5, 0.6) is 0 Å². The monoisotopic (exact) mass is 362 g/mol. The zero-order valence-electron chi connectivity index (χ0n) is 10.5. The van der Waals surface area contributed by atoms with Crippen LogP contribution in [0.15, 0.2) is 6.07 Å². The van der Waals surface area contributed by atoms with Crippen molar-refractivity contribution in [3.8, 4) is 0 Å². The maximum Gasteiger partial charge on any atom is 0.157 e. The van der Waals surface area contributed by atoms with E-state index in [2.05, 4.69) is 38.4 Å². The predicted octanol–water partition coefficient (Wildman–Crippen LogP) is 2.91. The molecule has 0 N–H and O–H groups in total. The molecular formula is C13H19IN2O2. The third kappa shape index (κ3) is 3.24. The second-order valence-corrected chi connectivity index (χ2v) is 6.16. The molecule has 1 unspecified atom stereocenters. The highest BCUT2D eigenvalue weighted by Crippen LogP contribution is 2.39. The van der Waals surface area contributed by atoms with Gasteiger partial charge in [-0.05, 0) is 60.8 Å². The molecule has 1 aromatic heterocycles. The first-order valence-corrected chi connectivity index (χ1v) is 7.87. The molecule has 0 radical (unpaired) electrons. The zero-order valence-corrected chi connectivity index (χ0v) is 12.6. The molecule has 1 saturated carbocycles. The molecule has 5 heteroatoms. The summed E-state index contributed by atoms with van der Waals surface area (Å²) >= 11 is 2.35. The van der Waals surface area contributed by atoms with E-state index in [1.165, 1.54) is 35.1 Å². The highest BCUT2D eigenvalue weighted by molar-refractivity contribution is 14.1. The maximum atomic E-state index is 5.74. The van der Waals surface area contributed by atoms with E-state index in [1.807, 2.05) is 0 Å². The van der Waals surface area contributed by atoms with Crippen LogP contribution in [0.25, 0.3) is 0 Å². The van der Waals surface area contributed by atoms with E-state index in [0.29, 0.717) is 6.61 Å². The minimum atomic E-state index is 0.00914. The van der Waals surface area contributed by atoms with Crippen molar-refractivity contribution < 1.29 is 9.47 Å². The molecule has 1 atom stereocenters. The summed E-state index contributed by atoms with van der Waals surface area (Å²) < 4.78 is 14.6. The first kappa shape index (κ1) is 12.9. The van der Waals surface area contributed by atoms with Gasteiger partial charge in [0.05, 0.1) is 22.5 Å². The summed E-state index contributed by atoms with van der Waals surface area (Å²) in [4.78, 5) is 0. The van der Waals surface area contributed by atoms with Gasteiger partial charge in [0.15, 0.2) is 6.29 Å². The molecule has 2 heterocycles. The fourth-order valence-corrected chi connectivity index (χ4v) is 2.93. The Hall–Kier alpha value is -0.140. The predicted molar refractivity (Wildman–Crippen MR) is 76.5 cm³/mol. The summed E-state index contributed by atoms with van der Waals surface area (Å²) in [5, 5.41) is 4.64. The van der Waals surface area contributed by atoms with Crippen LogP contribution in [0.1, 0.15) is 43.7 Å². The molecule has 0 spiro atoms. The van der Waals surface area contributed by atoms with E-state index in [1.54, 1.807) is 0 Å². The van der Waals surface area contributed by atoms with Crippen molar-refractivity contribution in [2.24, 2.45) is 0 Å². The Morgan fingerprint density at radius 2 is 2.28 bits per heavy atom. The van der Waals surface area contributed by atoms with Gasteiger partial charge >= 0.3 is 0 Å². The minimum absolute atomic E-state index is 0.00914. The van der Waals surface area contributed by atoms with Crippen LogP contribution in [-0.2, 0) is 16.0 Å². The number of aromatic nitrogens is 2. The lowest BCUT2D eigenvalue weighted by Crippen LogP contribution is -2.24. The number of nitrogens with zero attached hydrogens (tertiary/aromatic N) is 2. The molecule has 1 saturated heterocycles. The number of hydrogen-bond acceptors (Lipinski definition) is 3. The van der Waals surface area contributed by atoms with E-state index < -0.39 is 0 Å². The summed E-state index contributed by atoms with van der Waals surface area (Å²) in [5.74, 6) is 0.724. The van der Waals surface area contributed by atoms with Crippen LogP contribution in [0, 0.1) is 3.70 Å². The molecule has 1 aliphatic heterocycles. The summed E-state index contributed by atoms with van der Waals surface area (Å²) in [6.45, 7) is 2.35. The van der Waals surface area contributed by atoms with Gasteiger partial charge in [0, 0.05) is 12.5 Å². The highest BCUT2D eigenvalue weighted by Gasteiger charge is 2.26. The topological polar surface area (TPSA) is 36.3 Å². The molecule has 18 heavy (non-hydrogen) atoms. The Balaban J connectivity index is 1.47. The SMILES string of the molecule is Ic1cc(C2CC2)nn1CCOC1CCCCO1. The molecular weight excluding hydrogens is 343 g/mol. The molecule has 0 aromatic carbocycles. The van der Waals surface area contributed by atoms with Gasteiger partial charge in [0.1, 0.15) is 0 Å². The van der Waals surface area contributed by atoms with Crippen LogP contribution in [0.4, 0.5) is 0 Å². The summed E-state index contributed by atoms with van der Waals surface area (Å²) in [6.07, 6.45) is 6.04. The average molecular weight is 362 g/mol. The van der Waals surface area contributed by atoms with Gasteiger partial charge in [-0.25, -0.2) is 0 Å². The van der Waals surface area contributed by atoms with Crippen molar-refractivity contribution in [2.45, 2.75) is 50.9 Å². The second kappa shape index (κ2) is 5.88. The van der Waals surface area contributed by atoms with Gasteiger partial charge in [0.2, 0.25) is 0 Å². The largest absolute Gasteiger partial charge is 0.353 e. The normalized spacial score (nSPS) is 24.4. The lowest BCUT2D eigenvalue weighted by atomic mass is 10.2. The van der Waals surface area contributed by atoms with Gasteiger partial charge in [0.25, 0.3) is 0 Å². The Morgan fingerprint density at radius 3 is 3.00 bits per heavy atom. The van der Waals surface area contributed by atoms with Gasteiger partial charge in [-0.3, -0.25) is 4.68 Å². The van der Waals surface area contributed by atoms with Crippen molar-refractivity contribution in [3.63, 3.8) is 0 Å². The van der Waals surface area contributed by atoms with Crippen LogP contribution in [-0.4, -0.2) is 29.3 Å². The Labute approximate surface area is 121 Å². The Bertz CT molecular complexity index is 398. The van der Waals surface area contributed by atoms with Crippen molar-refractivity contribution in [1.29, 1.82) is 0 Å². The van der Waals surface area contributed by atoms with Crippen LogP contribution in [0.3, 0.4) is 0 Å². The van der Waals surface area contributed by atoms with Crippen molar-refractivity contribution >= 4 is 22.6 Å². The van der Waals surface area contributed by atoms with Gasteiger partial charge in [-0.15, -0.1) is 0 Å². The Kier molecular flexibility index (Phi) is 4.20. The van der Waals surface area contributed by atoms with Crippen molar-refractivity contribution in [2.75, 3.05) is 13.2 Å². The van der Waals surface area contributed by atoms with Crippen molar-refractivity contribution in [1.82, 2.24) is 9.78 Å². The number of hydrogen-bond donors (Lipinski definition) is 0. The smallest absolute Gasteiger partial charge is 0.157 e. The molecule has 2 fully saturated rings. The van der Waals surface area contributed by atoms with Gasteiger partial charge in [-0.2, -0.15) is 5.10 Å². The van der Waals surface area contributed by atoms with Crippen LogP contribution >= 0.6 is 22.6 Å². The van der Waals surface area contributed by atoms with Crippen molar-refractivity contribution in [3.05, 3.63) is 15.5 Å². The maximum absolute atomic E-state index is 5.74. The number of halogens is 1. The van der Waals surface area contributed by atoms with E-state index in [4.69, 9.17) is 9.47 Å². The third-order valence-corrected chi connectivity index (χ3v) is 4.36. The molecule has 3 rings (SSSR count). The fraction of sp³-hybridized carbons (Fsp3) is 0.769. The summed E-state index contributed by atoms with van der Waals surface area (Å²) in [5.41, 5.74) is 1.26. The molecule has 4 nitrogen and oxygen atoms in total. The molecule has 1 aliphatic carbocycles. The molecule has 1 aromatic rings. The van der Waals surface area contributed by atoms with Gasteiger partial charge < -0.3 is 9.47 Å². The van der Waals surface area contributed by atoms with E-state index in [9.17, 15) is 0 Å². The van der Waals surface area contributed by atoms with Crippen LogP contribution < -0.4 is 0 Å². The first-order valence-electron chi connectivity index (χ1n) is 6.79. The minimum Gasteiger partial charge on any atom is -0.353 e. The van der Waals surface area contributed by atoms with Gasteiger partial charge in [-0.1, -0.05) is 0 Å². The molecule has 0 amide bonds. The van der Waals surface area contributed by atoms with Crippen LogP contribution in [0.2, 0.25) is 0 Å². The lowest BCUT2D eigenvalue weighted by Gasteiger charge is -2.22. The average Bonchev–Trinajstić information content (AvgIpc) is 3.17. The molecule has 100 valence electrons. The number of rotatable bonds is 5. The quantitative estimate of drug-likeness (QED) is 0.756. The molecule has 2 aliphatic rings. The standard InChI is InChI=1S/C13H19IN2O2/c14-12-9-11(10-4-5-10)15-16(12)6-8-18-13-3-1-2-7-17-13/h9-10,13H,1-8H2. The van der Waals surface area contributed by atoms with E-state index in [0.717, 1.165) is 25.5 Å². The van der Waals surface area contributed by atoms with E-state index in [-0.39, 0.29) is 6.29 Å². The second-order valence-electron chi connectivity index (χ2n) is 5.06. The molecule has 0 bridgehead atoms. The lowest BCUT2D eigenvalue weighted by molar-refractivity contribution is -0.163. The third-order valence-electron chi connectivity index (χ3n) is 3.49. The zero-order chi connectivity index (χ0) is 12.4.